The van der Waals surface area contributed by atoms with Crippen molar-refractivity contribution in [2.75, 3.05) is 24.5 Å². The third kappa shape index (κ3) is 4.47. The molecule has 3 heterocycles. The molecule has 1 fully saturated rings. The summed E-state index contributed by atoms with van der Waals surface area (Å²) in [4.78, 5) is 11.8. The Hall–Kier alpha value is -2.54. The molecule has 0 spiro atoms. The van der Waals surface area contributed by atoms with Crippen LogP contribution in [0.4, 0.5) is 5.69 Å². The molecule has 1 aliphatic heterocycles. The standard InChI is InChI=1S/C21H25BrN6/c1-2-23-21(24-12-18-15-28-13-16(22)8-9-20(28)25-18)26-17-10-11-27(14-17)19-6-4-3-5-7-19/h3-9,13,15,17H,2,10-12,14H2,1H3,(H2,23,24,26). The Kier molecular flexibility index (Phi) is 5.81. The number of anilines is 1. The average molecular weight is 441 g/mol. The van der Waals surface area contributed by atoms with Gasteiger partial charge >= 0.3 is 0 Å². The highest BCUT2D eigenvalue weighted by atomic mass is 79.9. The quantitative estimate of drug-likeness (QED) is 0.471. The number of benzene rings is 1. The molecule has 4 rings (SSSR count). The largest absolute Gasteiger partial charge is 0.369 e. The lowest BCUT2D eigenvalue weighted by Crippen LogP contribution is -2.44. The Balaban J connectivity index is 1.40. The van der Waals surface area contributed by atoms with E-state index in [2.05, 4.69) is 73.7 Å². The van der Waals surface area contributed by atoms with Gasteiger partial charge < -0.3 is 19.9 Å². The average Bonchev–Trinajstić information content (AvgIpc) is 3.33. The van der Waals surface area contributed by atoms with Crippen molar-refractivity contribution in [1.82, 2.24) is 20.0 Å². The predicted molar refractivity (Wildman–Crippen MR) is 118 cm³/mol. The highest BCUT2D eigenvalue weighted by molar-refractivity contribution is 9.10. The molecule has 1 aromatic carbocycles. The summed E-state index contributed by atoms with van der Waals surface area (Å²) in [5.41, 5.74) is 3.16. The van der Waals surface area contributed by atoms with Gasteiger partial charge in [-0.2, -0.15) is 0 Å². The lowest BCUT2D eigenvalue weighted by atomic mass is 10.3. The third-order valence-electron chi connectivity index (χ3n) is 4.86. The first-order valence-corrected chi connectivity index (χ1v) is 10.5. The second kappa shape index (κ2) is 8.65. The molecule has 0 saturated carbocycles. The van der Waals surface area contributed by atoms with E-state index in [-0.39, 0.29) is 0 Å². The normalized spacial score (nSPS) is 17.3. The lowest BCUT2D eigenvalue weighted by Gasteiger charge is -2.20. The molecule has 0 amide bonds. The van der Waals surface area contributed by atoms with E-state index in [1.807, 2.05) is 28.9 Å². The van der Waals surface area contributed by atoms with Crippen LogP contribution in [0.25, 0.3) is 5.65 Å². The van der Waals surface area contributed by atoms with Crippen LogP contribution in [-0.2, 0) is 6.54 Å². The molecule has 1 saturated heterocycles. The highest BCUT2D eigenvalue weighted by Gasteiger charge is 2.23. The summed E-state index contributed by atoms with van der Waals surface area (Å²) >= 11 is 3.49. The van der Waals surface area contributed by atoms with Crippen LogP contribution in [0.2, 0.25) is 0 Å². The van der Waals surface area contributed by atoms with E-state index < -0.39 is 0 Å². The maximum Gasteiger partial charge on any atom is 0.191 e. The molecule has 0 radical (unpaired) electrons. The van der Waals surface area contributed by atoms with Crippen LogP contribution in [0, 0.1) is 0 Å². The van der Waals surface area contributed by atoms with Gasteiger partial charge in [-0.05, 0) is 53.5 Å². The number of nitrogens with one attached hydrogen (secondary N) is 2. The number of hydrogen-bond donors (Lipinski definition) is 2. The molecule has 0 bridgehead atoms. The smallest absolute Gasteiger partial charge is 0.191 e. The van der Waals surface area contributed by atoms with Crippen molar-refractivity contribution in [1.29, 1.82) is 0 Å². The van der Waals surface area contributed by atoms with Gasteiger partial charge in [0.1, 0.15) is 5.65 Å². The molecule has 28 heavy (non-hydrogen) atoms. The van der Waals surface area contributed by atoms with Crippen LogP contribution in [0.3, 0.4) is 0 Å². The van der Waals surface area contributed by atoms with E-state index >= 15 is 0 Å². The van der Waals surface area contributed by atoms with Gasteiger partial charge in [-0.25, -0.2) is 9.98 Å². The molecule has 2 aromatic heterocycles. The molecule has 146 valence electrons. The number of aromatic nitrogens is 2. The molecule has 6 nitrogen and oxygen atoms in total. The Morgan fingerprint density at radius 3 is 2.89 bits per heavy atom. The number of nitrogens with zero attached hydrogens (tertiary/aromatic N) is 4. The Morgan fingerprint density at radius 2 is 2.07 bits per heavy atom. The van der Waals surface area contributed by atoms with Gasteiger partial charge in [-0.1, -0.05) is 18.2 Å². The van der Waals surface area contributed by atoms with Gasteiger partial charge in [-0.3, -0.25) is 0 Å². The summed E-state index contributed by atoms with van der Waals surface area (Å²) < 4.78 is 3.05. The SMILES string of the molecule is CCNC(=NCc1cn2cc(Br)ccc2n1)NC1CCN(c2ccccc2)C1. The van der Waals surface area contributed by atoms with Crippen LogP contribution in [0.1, 0.15) is 19.0 Å². The summed E-state index contributed by atoms with van der Waals surface area (Å²) in [5.74, 6) is 0.848. The van der Waals surface area contributed by atoms with Gasteiger partial charge in [0.25, 0.3) is 0 Å². The summed E-state index contributed by atoms with van der Waals surface area (Å²) in [7, 11) is 0. The zero-order valence-electron chi connectivity index (χ0n) is 16.0. The number of fused-ring (bicyclic) bond motifs is 1. The molecule has 3 aromatic rings. The van der Waals surface area contributed by atoms with Gasteiger partial charge in [0.05, 0.1) is 12.2 Å². The van der Waals surface area contributed by atoms with Gasteiger partial charge in [-0.15, -0.1) is 0 Å². The second-order valence-electron chi connectivity index (χ2n) is 6.95. The number of para-hydroxylation sites is 1. The Bertz CT molecular complexity index is 952. The molecular weight excluding hydrogens is 416 g/mol. The van der Waals surface area contributed by atoms with Gasteiger partial charge in [0.15, 0.2) is 5.96 Å². The van der Waals surface area contributed by atoms with Crippen LogP contribution in [-0.4, -0.2) is 41.0 Å². The first-order valence-electron chi connectivity index (χ1n) is 9.69. The van der Waals surface area contributed by atoms with Gasteiger partial charge in [0.2, 0.25) is 0 Å². The second-order valence-corrected chi connectivity index (χ2v) is 7.87. The molecular formula is C21H25BrN6. The van der Waals surface area contributed by atoms with E-state index in [1.54, 1.807) is 0 Å². The van der Waals surface area contributed by atoms with Crippen molar-refractivity contribution in [3.63, 3.8) is 0 Å². The molecule has 1 atom stereocenters. The number of rotatable bonds is 5. The van der Waals surface area contributed by atoms with Crippen molar-refractivity contribution in [3.05, 3.63) is 65.0 Å². The minimum absolute atomic E-state index is 0.384. The highest BCUT2D eigenvalue weighted by Crippen LogP contribution is 2.19. The van der Waals surface area contributed by atoms with Crippen molar-refractivity contribution >= 4 is 33.2 Å². The number of halogens is 1. The first kappa shape index (κ1) is 18.8. The summed E-state index contributed by atoms with van der Waals surface area (Å²) in [5, 5.41) is 6.94. The van der Waals surface area contributed by atoms with Crippen molar-refractivity contribution in [3.8, 4) is 0 Å². The van der Waals surface area contributed by atoms with Crippen LogP contribution in [0.5, 0.6) is 0 Å². The fourth-order valence-corrected chi connectivity index (χ4v) is 3.87. The van der Waals surface area contributed by atoms with Gasteiger partial charge in [0, 0.05) is 48.2 Å². The van der Waals surface area contributed by atoms with E-state index in [0.717, 1.165) is 47.8 Å². The van der Waals surface area contributed by atoms with Crippen LogP contribution in [0.15, 0.2) is 64.3 Å². The molecule has 7 heteroatoms. The number of hydrogen-bond acceptors (Lipinski definition) is 3. The molecule has 0 aliphatic carbocycles. The molecule has 1 aliphatic rings. The van der Waals surface area contributed by atoms with Crippen molar-refractivity contribution in [2.45, 2.75) is 25.9 Å². The van der Waals surface area contributed by atoms with E-state index in [1.165, 1.54) is 5.69 Å². The topological polar surface area (TPSA) is 57.0 Å². The maximum atomic E-state index is 4.75. The van der Waals surface area contributed by atoms with Crippen molar-refractivity contribution in [2.24, 2.45) is 4.99 Å². The predicted octanol–water partition coefficient (Wildman–Crippen LogP) is 3.43. The van der Waals surface area contributed by atoms with E-state index in [4.69, 9.17) is 4.99 Å². The maximum absolute atomic E-state index is 4.75. The zero-order chi connectivity index (χ0) is 19.3. The number of pyridine rings is 1. The molecule has 1 unspecified atom stereocenters. The van der Waals surface area contributed by atoms with Crippen molar-refractivity contribution < 1.29 is 0 Å². The van der Waals surface area contributed by atoms with Crippen LogP contribution >= 0.6 is 15.9 Å². The number of imidazole rings is 1. The Morgan fingerprint density at radius 1 is 1.21 bits per heavy atom. The fourth-order valence-electron chi connectivity index (χ4n) is 3.52. The van der Waals surface area contributed by atoms with E-state index in [0.29, 0.717) is 12.6 Å². The summed E-state index contributed by atoms with van der Waals surface area (Å²) in [6.45, 7) is 5.51. The third-order valence-corrected chi connectivity index (χ3v) is 5.33. The first-order chi connectivity index (χ1) is 13.7. The fraction of sp³-hybridized carbons (Fsp3) is 0.333. The summed E-state index contributed by atoms with van der Waals surface area (Å²) in [6, 6.07) is 15.0. The minimum atomic E-state index is 0.384. The Labute approximate surface area is 173 Å². The number of aliphatic imine (C=N–C) groups is 1. The minimum Gasteiger partial charge on any atom is -0.369 e. The zero-order valence-corrected chi connectivity index (χ0v) is 17.6. The van der Waals surface area contributed by atoms with Crippen LogP contribution < -0.4 is 15.5 Å². The monoisotopic (exact) mass is 440 g/mol. The number of guanidine groups is 1. The van der Waals surface area contributed by atoms with E-state index in [9.17, 15) is 0 Å². The molecule has 2 N–H and O–H groups in total. The summed E-state index contributed by atoms with van der Waals surface area (Å²) in [6.07, 6.45) is 5.14. The lowest BCUT2D eigenvalue weighted by molar-refractivity contribution is 0.649.